The number of aryl methyl sites for hydroxylation is 3. The first-order valence-electron chi connectivity index (χ1n) is 9.69. The van der Waals surface area contributed by atoms with Crippen molar-refractivity contribution in [1.29, 1.82) is 0 Å². The number of carbonyl (C=O) groups is 1. The van der Waals surface area contributed by atoms with Crippen molar-refractivity contribution in [3.05, 3.63) is 29.8 Å². The number of piperidine rings is 1. The lowest BCUT2D eigenvalue weighted by Gasteiger charge is -2.31. The molecule has 10 heteroatoms. The van der Waals surface area contributed by atoms with Crippen molar-refractivity contribution in [1.82, 2.24) is 29.2 Å². The molecule has 1 saturated heterocycles. The fourth-order valence-corrected chi connectivity index (χ4v) is 5.24. The summed E-state index contributed by atoms with van der Waals surface area (Å²) in [6.07, 6.45) is 4.61. The van der Waals surface area contributed by atoms with Crippen molar-refractivity contribution in [3.63, 3.8) is 0 Å². The van der Waals surface area contributed by atoms with Crippen LogP contribution in [0.2, 0.25) is 0 Å². The Morgan fingerprint density at radius 3 is 2.79 bits per heavy atom. The maximum atomic E-state index is 13.1. The Hall–Kier alpha value is -2.20. The van der Waals surface area contributed by atoms with Crippen molar-refractivity contribution in [2.45, 2.75) is 58.1 Å². The minimum atomic E-state index is -3.66. The van der Waals surface area contributed by atoms with Crippen LogP contribution in [0.15, 0.2) is 23.4 Å². The number of hydrogen-bond acceptors (Lipinski definition) is 5. The average Bonchev–Trinajstić information content (AvgIpc) is 3.32. The third-order valence-corrected chi connectivity index (χ3v) is 7.11. The maximum Gasteiger partial charge on any atom is 0.246 e. The number of sulfonamides is 1. The Labute approximate surface area is 165 Å². The van der Waals surface area contributed by atoms with E-state index >= 15 is 0 Å². The summed E-state index contributed by atoms with van der Waals surface area (Å²) in [7, 11) is -3.66. The SMILES string of the molecule is CCn1cc(S(=O)(=O)N2CCC[C@@H](C(=O)NCc3ccnn3CC)C2)c(C)n1. The van der Waals surface area contributed by atoms with E-state index in [0.717, 1.165) is 12.2 Å². The minimum Gasteiger partial charge on any atom is -0.350 e. The lowest BCUT2D eigenvalue weighted by molar-refractivity contribution is -0.126. The Morgan fingerprint density at radius 1 is 1.32 bits per heavy atom. The van der Waals surface area contributed by atoms with Crippen LogP contribution in [-0.4, -0.2) is 51.3 Å². The van der Waals surface area contributed by atoms with Gasteiger partial charge in [0.2, 0.25) is 15.9 Å². The highest BCUT2D eigenvalue weighted by Crippen LogP contribution is 2.25. The van der Waals surface area contributed by atoms with Crippen molar-refractivity contribution >= 4 is 15.9 Å². The molecule has 2 aromatic rings. The zero-order valence-electron chi connectivity index (χ0n) is 16.6. The Bertz CT molecular complexity index is 933. The predicted octanol–water partition coefficient (Wildman–Crippen LogP) is 1.14. The van der Waals surface area contributed by atoms with Crippen LogP contribution >= 0.6 is 0 Å². The Morgan fingerprint density at radius 2 is 2.11 bits per heavy atom. The molecule has 28 heavy (non-hydrogen) atoms. The van der Waals surface area contributed by atoms with Gasteiger partial charge in [-0.25, -0.2) is 8.42 Å². The second-order valence-corrected chi connectivity index (χ2v) is 8.90. The first-order chi connectivity index (χ1) is 13.4. The van der Waals surface area contributed by atoms with Crippen molar-refractivity contribution in [2.75, 3.05) is 13.1 Å². The van der Waals surface area contributed by atoms with E-state index < -0.39 is 10.0 Å². The zero-order valence-corrected chi connectivity index (χ0v) is 17.4. The summed E-state index contributed by atoms with van der Waals surface area (Å²) < 4.78 is 31.0. The Kier molecular flexibility index (Phi) is 6.19. The number of hydrogen-bond donors (Lipinski definition) is 1. The lowest BCUT2D eigenvalue weighted by atomic mass is 9.99. The first kappa shape index (κ1) is 20.5. The van der Waals surface area contributed by atoms with Gasteiger partial charge in [-0.1, -0.05) is 0 Å². The van der Waals surface area contributed by atoms with Crippen LogP contribution in [0, 0.1) is 12.8 Å². The van der Waals surface area contributed by atoms with Gasteiger partial charge in [0.15, 0.2) is 0 Å². The van der Waals surface area contributed by atoms with Gasteiger partial charge in [0.1, 0.15) is 4.90 Å². The summed E-state index contributed by atoms with van der Waals surface area (Å²) in [4.78, 5) is 12.9. The molecule has 3 rings (SSSR count). The van der Waals surface area contributed by atoms with Gasteiger partial charge in [0.25, 0.3) is 0 Å². The monoisotopic (exact) mass is 408 g/mol. The molecule has 0 aromatic carbocycles. The number of aromatic nitrogens is 4. The number of nitrogens with one attached hydrogen (secondary N) is 1. The zero-order chi connectivity index (χ0) is 20.3. The molecular formula is C18H28N6O3S. The number of amides is 1. The summed E-state index contributed by atoms with van der Waals surface area (Å²) in [5.74, 6) is -0.479. The quantitative estimate of drug-likeness (QED) is 0.740. The minimum absolute atomic E-state index is 0.121. The third-order valence-electron chi connectivity index (χ3n) is 5.15. The molecule has 0 spiro atoms. The molecular weight excluding hydrogens is 380 g/mol. The summed E-state index contributed by atoms with van der Waals surface area (Å²) >= 11 is 0. The molecule has 1 fully saturated rings. The summed E-state index contributed by atoms with van der Waals surface area (Å²) in [6.45, 7) is 7.94. The summed E-state index contributed by atoms with van der Waals surface area (Å²) in [6, 6.07) is 1.87. The smallest absolute Gasteiger partial charge is 0.246 e. The molecule has 1 aliphatic rings. The van der Waals surface area contributed by atoms with Gasteiger partial charge in [-0.2, -0.15) is 14.5 Å². The largest absolute Gasteiger partial charge is 0.350 e. The molecule has 0 saturated carbocycles. The lowest BCUT2D eigenvalue weighted by Crippen LogP contribution is -2.45. The van der Waals surface area contributed by atoms with E-state index in [9.17, 15) is 13.2 Å². The van der Waals surface area contributed by atoms with Gasteiger partial charge in [-0.3, -0.25) is 14.2 Å². The van der Waals surface area contributed by atoms with Crippen LogP contribution in [0.1, 0.15) is 38.1 Å². The molecule has 1 N–H and O–H groups in total. The maximum absolute atomic E-state index is 13.1. The Balaban J connectivity index is 1.67. The van der Waals surface area contributed by atoms with Crippen LogP contribution in [0.25, 0.3) is 0 Å². The topological polar surface area (TPSA) is 102 Å². The van der Waals surface area contributed by atoms with Gasteiger partial charge >= 0.3 is 0 Å². The van der Waals surface area contributed by atoms with Crippen molar-refractivity contribution in [3.8, 4) is 0 Å². The molecule has 0 bridgehead atoms. The molecule has 1 atom stereocenters. The van der Waals surface area contributed by atoms with Crippen molar-refractivity contribution in [2.24, 2.45) is 5.92 Å². The van der Waals surface area contributed by atoms with E-state index in [-0.39, 0.29) is 23.3 Å². The van der Waals surface area contributed by atoms with E-state index in [1.807, 2.05) is 24.6 Å². The molecule has 9 nitrogen and oxygen atoms in total. The normalized spacial score (nSPS) is 18.3. The van der Waals surface area contributed by atoms with Crippen LogP contribution in [0.5, 0.6) is 0 Å². The molecule has 1 aliphatic heterocycles. The fourth-order valence-electron chi connectivity index (χ4n) is 3.55. The van der Waals surface area contributed by atoms with Crippen LogP contribution in [0.3, 0.4) is 0 Å². The fraction of sp³-hybridized carbons (Fsp3) is 0.611. The second-order valence-electron chi connectivity index (χ2n) is 6.99. The third kappa shape index (κ3) is 4.12. The van der Waals surface area contributed by atoms with Crippen LogP contribution < -0.4 is 5.32 Å². The standard InChI is InChI=1S/C18H28N6O3S/c1-4-22-13-17(14(3)21-22)28(26,27)23-10-6-7-15(12-23)18(25)19-11-16-8-9-20-24(16)5-2/h8-9,13,15H,4-7,10-12H2,1-3H3,(H,19,25)/t15-/m1/s1. The highest BCUT2D eigenvalue weighted by Gasteiger charge is 2.35. The second kappa shape index (κ2) is 8.44. The molecule has 0 aliphatic carbocycles. The van der Waals surface area contributed by atoms with E-state index in [0.29, 0.717) is 38.2 Å². The summed E-state index contributed by atoms with van der Waals surface area (Å²) in [5.41, 5.74) is 1.42. The van der Waals surface area contributed by atoms with E-state index in [2.05, 4.69) is 15.5 Å². The van der Waals surface area contributed by atoms with E-state index in [1.165, 1.54) is 4.31 Å². The van der Waals surface area contributed by atoms with Gasteiger partial charge in [0, 0.05) is 38.6 Å². The van der Waals surface area contributed by atoms with Crippen molar-refractivity contribution < 1.29 is 13.2 Å². The van der Waals surface area contributed by atoms with E-state index in [4.69, 9.17) is 0 Å². The molecule has 0 radical (unpaired) electrons. The molecule has 154 valence electrons. The first-order valence-corrected chi connectivity index (χ1v) is 11.1. The van der Waals surface area contributed by atoms with Crippen LogP contribution in [-0.2, 0) is 34.5 Å². The van der Waals surface area contributed by atoms with E-state index in [1.54, 1.807) is 24.0 Å². The summed E-state index contributed by atoms with van der Waals surface area (Å²) in [5, 5.41) is 11.4. The molecule has 2 aromatic heterocycles. The number of nitrogens with zero attached hydrogens (tertiary/aromatic N) is 5. The predicted molar refractivity (Wildman–Crippen MR) is 104 cm³/mol. The van der Waals surface area contributed by atoms with Crippen LogP contribution in [0.4, 0.5) is 0 Å². The highest BCUT2D eigenvalue weighted by atomic mass is 32.2. The average molecular weight is 409 g/mol. The van der Waals surface area contributed by atoms with Gasteiger partial charge in [-0.15, -0.1) is 0 Å². The number of rotatable bonds is 7. The highest BCUT2D eigenvalue weighted by molar-refractivity contribution is 7.89. The van der Waals surface area contributed by atoms with Gasteiger partial charge < -0.3 is 5.32 Å². The molecule has 0 unspecified atom stereocenters. The van der Waals surface area contributed by atoms with Gasteiger partial charge in [-0.05, 0) is 39.7 Å². The van der Waals surface area contributed by atoms with Gasteiger partial charge in [0.05, 0.1) is 23.9 Å². The molecule has 1 amide bonds. The number of carbonyl (C=O) groups excluding carboxylic acids is 1. The molecule has 3 heterocycles.